The second-order valence-electron chi connectivity index (χ2n) is 8.94. The molecule has 34 heavy (non-hydrogen) atoms. The average molecular weight is 472 g/mol. The van der Waals surface area contributed by atoms with Gasteiger partial charge in [0.1, 0.15) is 17.3 Å². The van der Waals surface area contributed by atoms with E-state index in [0.717, 1.165) is 67.4 Å². The summed E-state index contributed by atoms with van der Waals surface area (Å²) in [5.74, 6) is 2.48. The van der Waals surface area contributed by atoms with E-state index in [0.29, 0.717) is 6.04 Å². The molecule has 4 aromatic heterocycles. The van der Waals surface area contributed by atoms with E-state index in [-0.39, 0.29) is 5.91 Å². The van der Waals surface area contributed by atoms with Crippen LogP contribution in [-0.4, -0.2) is 43.0 Å². The number of benzene rings is 1. The predicted molar refractivity (Wildman–Crippen MR) is 135 cm³/mol. The van der Waals surface area contributed by atoms with Gasteiger partial charge in [-0.2, -0.15) is 0 Å². The fraction of sp³-hybridized carbons (Fsp3) is 0.269. The molecule has 1 aromatic carbocycles. The third kappa shape index (κ3) is 3.28. The van der Waals surface area contributed by atoms with E-state index in [1.54, 1.807) is 23.7 Å². The first-order chi connectivity index (χ1) is 16.4. The summed E-state index contributed by atoms with van der Waals surface area (Å²) >= 11 is 1.62. The fourth-order valence-corrected chi connectivity index (χ4v) is 5.62. The maximum Gasteiger partial charge on any atom is 0.256 e. The Morgan fingerprint density at radius 3 is 2.71 bits per heavy atom. The summed E-state index contributed by atoms with van der Waals surface area (Å²) in [5, 5.41) is 0.956. The summed E-state index contributed by atoms with van der Waals surface area (Å²) in [6, 6.07) is 10.3. The molecule has 172 valence electrons. The van der Waals surface area contributed by atoms with E-state index in [2.05, 4.69) is 14.5 Å². The Balaban J connectivity index is 1.38. The summed E-state index contributed by atoms with van der Waals surface area (Å²) < 4.78 is 11.4. The van der Waals surface area contributed by atoms with Crippen LogP contribution in [0, 0.1) is 6.92 Å². The van der Waals surface area contributed by atoms with Crippen LogP contribution in [0.15, 0.2) is 48.9 Å². The minimum absolute atomic E-state index is 0.0931. The molecule has 7 nitrogen and oxygen atoms in total. The van der Waals surface area contributed by atoms with Gasteiger partial charge in [0.2, 0.25) is 0 Å². The number of thiophene rings is 1. The van der Waals surface area contributed by atoms with Crippen molar-refractivity contribution in [1.29, 1.82) is 0 Å². The SMILES string of the molecule is Cc1c(C(=O)N(C)C2CC2)c2ccc(Oc3ccnc4cc(-c5nccn5C)sc34)cc2n1C. The lowest BCUT2D eigenvalue weighted by Crippen LogP contribution is -2.29. The number of fused-ring (bicyclic) bond motifs is 2. The largest absolute Gasteiger partial charge is 0.456 e. The zero-order valence-electron chi connectivity index (χ0n) is 19.6. The first kappa shape index (κ1) is 20.9. The summed E-state index contributed by atoms with van der Waals surface area (Å²) in [7, 11) is 5.89. The van der Waals surface area contributed by atoms with E-state index in [1.165, 1.54) is 0 Å². The van der Waals surface area contributed by atoms with Gasteiger partial charge in [0.25, 0.3) is 5.91 Å². The minimum Gasteiger partial charge on any atom is -0.456 e. The van der Waals surface area contributed by atoms with Crippen LogP contribution in [0.5, 0.6) is 11.5 Å². The smallest absolute Gasteiger partial charge is 0.256 e. The highest BCUT2D eigenvalue weighted by Gasteiger charge is 2.32. The molecular weight excluding hydrogens is 446 g/mol. The zero-order valence-corrected chi connectivity index (χ0v) is 20.4. The van der Waals surface area contributed by atoms with Crippen molar-refractivity contribution in [3.05, 3.63) is 60.2 Å². The number of nitrogens with zero attached hydrogens (tertiary/aromatic N) is 5. The van der Waals surface area contributed by atoms with Gasteiger partial charge in [-0.25, -0.2) is 4.98 Å². The number of hydrogen-bond acceptors (Lipinski definition) is 5. The lowest BCUT2D eigenvalue weighted by molar-refractivity contribution is 0.0786. The normalized spacial score (nSPS) is 13.6. The van der Waals surface area contributed by atoms with Crippen LogP contribution in [0.25, 0.3) is 31.8 Å². The fourth-order valence-electron chi connectivity index (χ4n) is 4.52. The Morgan fingerprint density at radius 2 is 1.97 bits per heavy atom. The third-order valence-electron chi connectivity index (χ3n) is 6.74. The number of aryl methyl sites for hydroxylation is 2. The van der Waals surface area contributed by atoms with Crippen molar-refractivity contribution >= 4 is 38.4 Å². The Bertz CT molecular complexity index is 1570. The molecule has 1 saturated carbocycles. The maximum atomic E-state index is 13.2. The average Bonchev–Trinajstić information content (AvgIpc) is 3.37. The maximum absolute atomic E-state index is 13.2. The summed E-state index contributed by atoms with van der Waals surface area (Å²) in [4.78, 5) is 25.1. The molecule has 0 saturated heterocycles. The van der Waals surface area contributed by atoms with Gasteiger partial charge in [-0.3, -0.25) is 9.78 Å². The standard InChI is InChI=1S/C26H25N5O2S/c1-15-23(26(32)31(4)16-5-6-16)18-8-7-17(13-20(18)30(15)3)33-21-9-10-27-19-14-22(34-24(19)21)25-28-11-12-29(25)2/h7-14,16H,5-6H2,1-4H3. The van der Waals surface area contributed by atoms with E-state index < -0.39 is 0 Å². The van der Waals surface area contributed by atoms with E-state index in [4.69, 9.17) is 4.74 Å². The van der Waals surface area contributed by atoms with Gasteiger partial charge >= 0.3 is 0 Å². The molecule has 0 radical (unpaired) electrons. The molecule has 0 bridgehead atoms. The molecule has 4 heterocycles. The molecule has 8 heteroatoms. The lowest BCUT2D eigenvalue weighted by atomic mass is 10.1. The number of imidazole rings is 1. The van der Waals surface area contributed by atoms with Crippen LogP contribution in [0.1, 0.15) is 28.9 Å². The second-order valence-corrected chi connectivity index (χ2v) is 10.00. The monoisotopic (exact) mass is 471 g/mol. The number of pyridine rings is 1. The topological polar surface area (TPSA) is 65.2 Å². The van der Waals surface area contributed by atoms with E-state index >= 15 is 0 Å². The van der Waals surface area contributed by atoms with Gasteiger partial charge in [0, 0.05) is 69.0 Å². The van der Waals surface area contributed by atoms with Gasteiger partial charge in [0.05, 0.1) is 26.2 Å². The number of rotatable bonds is 5. The zero-order chi connectivity index (χ0) is 23.6. The van der Waals surface area contributed by atoms with Crippen molar-refractivity contribution in [1.82, 2.24) is 24.0 Å². The van der Waals surface area contributed by atoms with Crippen LogP contribution < -0.4 is 4.74 Å². The summed E-state index contributed by atoms with van der Waals surface area (Å²) in [6.07, 6.45) is 7.68. The molecule has 0 N–H and O–H groups in total. The number of aromatic nitrogens is 4. The Kier molecular flexibility index (Phi) is 4.74. The van der Waals surface area contributed by atoms with Crippen LogP contribution in [-0.2, 0) is 14.1 Å². The molecule has 0 unspecified atom stereocenters. The highest BCUT2D eigenvalue weighted by atomic mass is 32.1. The van der Waals surface area contributed by atoms with Crippen LogP contribution in [0.2, 0.25) is 0 Å². The van der Waals surface area contributed by atoms with Gasteiger partial charge in [-0.15, -0.1) is 11.3 Å². The molecule has 0 aliphatic heterocycles. The van der Waals surface area contributed by atoms with Crippen molar-refractivity contribution in [2.75, 3.05) is 7.05 Å². The molecule has 1 aliphatic carbocycles. The molecule has 0 spiro atoms. The Morgan fingerprint density at radius 1 is 1.15 bits per heavy atom. The highest BCUT2D eigenvalue weighted by Crippen LogP contribution is 2.39. The van der Waals surface area contributed by atoms with Crippen molar-refractivity contribution < 1.29 is 9.53 Å². The second kappa shape index (κ2) is 7.70. The van der Waals surface area contributed by atoms with Gasteiger partial charge in [-0.05, 0) is 38.0 Å². The first-order valence-electron chi connectivity index (χ1n) is 11.3. The van der Waals surface area contributed by atoms with Crippen molar-refractivity contribution in [3.63, 3.8) is 0 Å². The quantitative estimate of drug-likeness (QED) is 0.338. The van der Waals surface area contributed by atoms with Crippen molar-refractivity contribution in [2.24, 2.45) is 14.1 Å². The first-order valence-corrected chi connectivity index (χ1v) is 12.1. The molecule has 1 fully saturated rings. The van der Waals surface area contributed by atoms with Crippen LogP contribution >= 0.6 is 11.3 Å². The molecule has 0 atom stereocenters. The minimum atomic E-state index is 0.0931. The number of carbonyl (C=O) groups excluding carboxylic acids is 1. The molecular formula is C26H25N5O2S. The summed E-state index contributed by atoms with van der Waals surface area (Å²) in [5.41, 5.74) is 3.61. The van der Waals surface area contributed by atoms with E-state index in [9.17, 15) is 4.79 Å². The van der Waals surface area contributed by atoms with Crippen LogP contribution in [0.4, 0.5) is 0 Å². The number of amides is 1. The Hall–Kier alpha value is -3.65. The lowest BCUT2D eigenvalue weighted by Gasteiger charge is -2.16. The number of ether oxygens (including phenoxy) is 1. The van der Waals surface area contributed by atoms with E-state index in [1.807, 2.05) is 74.1 Å². The van der Waals surface area contributed by atoms with Crippen LogP contribution in [0.3, 0.4) is 0 Å². The number of carbonyl (C=O) groups is 1. The van der Waals surface area contributed by atoms with Gasteiger partial charge in [0.15, 0.2) is 0 Å². The molecule has 6 rings (SSSR count). The molecule has 1 amide bonds. The highest BCUT2D eigenvalue weighted by molar-refractivity contribution is 7.22. The molecule has 1 aliphatic rings. The predicted octanol–water partition coefficient (Wildman–Crippen LogP) is 5.52. The van der Waals surface area contributed by atoms with Crippen molar-refractivity contribution in [2.45, 2.75) is 25.8 Å². The van der Waals surface area contributed by atoms with Gasteiger partial charge in [-0.1, -0.05) is 0 Å². The van der Waals surface area contributed by atoms with Gasteiger partial charge < -0.3 is 18.8 Å². The summed E-state index contributed by atoms with van der Waals surface area (Å²) in [6.45, 7) is 2.01. The third-order valence-corrected chi connectivity index (χ3v) is 7.87. The Labute approximate surface area is 201 Å². The number of hydrogen-bond donors (Lipinski definition) is 0. The van der Waals surface area contributed by atoms with Crippen molar-refractivity contribution in [3.8, 4) is 22.2 Å². The molecule has 5 aromatic rings.